The summed E-state index contributed by atoms with van der Waals surface area (Å²) in [6.07, 6.45) is -12.6. The van der Waals surface area contributed by atoms with Crippen molar-refractivity contribution in [1.29, 1.82) is 0 Å². The molecule has 94 heavy (non-hydrogen) atoms. The molecule has 32 heteroatoms. The van der Waals surface area contributed by atoms with Crippen LogP contribution in [0.3, 0.4) is 0 Å². The minimum absolute atomic E-state index is 0.0571. The molecule has 8 rings (SSSR count). The van der Waals surface area contributed by atoms with E-state index in [9.17, 15) is 79.5 Å². The topological polar surface area (TPSA) is 444 Å². The zero-order chi connectivity index (χ0) is 67.9. The number of hydrogen-bond acceptors (Lipinski definition) is 25. The molecular formula is C62H82N10O21S. The largest absolute Gasteiger partial charge is 0.504 e. The van der Waals surface area contributed by atoms with Crippen LogP contribution in [0.5, 0.6) is 17.2 Å². The van der Waals surface area contributed by atoms with Gasteiger partial charge in [0.25, 0.3) is 18.2 Å². The van der Waals surface area contributed by atoms with Crippen molar-refractivity contribution < 1.29 is 103 Å². The maximum absolute atomic E-state index is 15.0. The van der Waals surface area contributed by atoms with Crippen LogP contribution in [-0.4, -0.2) is 254 Å². The summed E-state index contributed by atoms with van der Waals surface area (Å²) in [6.45, 7) is 2.93. The van der Waals surface area contributed by atoms with E-state index in [2.05, 4.69) is 51.1 Å². The molecule has 0 aromatic heterocycles. The van der Waals surface area contributed by atoms with Gasteiger partial charge in [0.15, 0.2) is 11.5 Å². The van der Waals surface area contributed by atoms with Crippen LogP contribution in [0.2, 0.25) is 0 Å². The number of methoxy groups -OCH3 is 1. The van der Waals surface area contributed by atoms with E-state index in [0.29, 0.717) is 0 Å². The first-order chi connectivity index (χ1) is 45.0. The summed E-state index contributed by atoms with van der Waals surface area (Å²) in [7, 11) is 1.63. The molecule has 13 atom stereocenters. The quantitative estimate of drug-likeness (QED) is 0.0171. The van der Waals surface area contributed by atoms with Gasteiger partial charge in [-0.2, -0.15) is 0 Å². The Labute approximate surface area is 545 Å². The highest BCUT2D eigenvalue weighted by molar-refractivity contribution is 7.90. The van der Waals surface area contributed by atoms with Crippen molar-refractivity contribution in [3.8, 4) is 28.4 Å². The first-order valence-corrected chi connectivity index (χ1v) is 31.3. The number of amides is 7. The second-order valence-corrected chi connectivity index (χ2v) is 24.1. The number of carbonyl (C=O) groups is 7. The van der Waals surface area contributed by atoms with Gasteiger partial charge in [-0.1, -0.05) is 46.6 Å². The molecule has 0 spiro atoms. The molecule has 0 radical (unpaired) electrons. The summed E-state index contributed by atoms with van der Waals surface area (Å²) >= 11 is 0.0686. The van der Waals surface area contributed by atoms with E-state index in [-0.39, 0.29) is 42.3 Å². The summed E-state index contributed by atoms with van der Waals surface area (Å²) in [6, 6.07) is 13.6. The molecule has 7 amide bonds. The van der Waals surface area contributed by atoms with Crippen molar-refractivity contribution in [2.75, 3.05) is 82.5 Å². The zero-order valence-electron chi connectivity index (χ0n) is 51.8. The number of ether oxygens (including phenoxy) is 1. The number of phenols is 1. The molecule has 1 unspecified atom stereocenters. The van der Waals surface area contributed by atoms with Crippen LogP contribution in [0.25, 0.3) is 11.1 Å². The van der Waals surface area contributed by atoms with E-state index in [1.807, 2.05) is 48.5 Å². The lowest BCUT2D eigenvalue weighted by Gasteiger charge is -2.37. The Balaban J connectivity index is 1.07. The summed E-state index contributed by atoms with van der Waals surface area (Å²) in [5.41, 5.74) is 3.88. The number of carbonyl (C=O) groups excluding carboxylic acids is 7. The van der Waals surface area contributed by atoms with Crippen LogP contribution in [-0.2, 0) is 44.6 Å². The van der Waals surface area contributed by atoms with E-state index in [4.69, 9.17) is 14.2 Å². The molecule has 0 bridgehead atoms. The Bertz CT molecular complexity index is 3220. The van der Waals surface area contributed by atoms with Gasteiger partial charge >= 0.3 is 0 Å². The fourth-order valence-corrected chi connectivity index (χ4v) is 12.1. The van der Waals surface area contributed by atoms with Crippen LogP contribution in [0.15, 0.2) is 91.0 Å². The van der Waals surface area contributed by atoms with E-state index < -0.39 is 184 Å². The molecule has 4 aromatic rings. The number of nitrogens with one attached hydrogen (secondary N) is 6. The van der Waals surface area contributed by atoms with Gasteiger partial charge in [-0.3, -0.25) is 33.6 Å². The number of phenolic OH excluding ortho intramolecular Hbond substituents is 1. The Morgan fingerprint density at radius 2 is 1.30 bits per heavy atom. The van der Waals surface area contributed by atoms with Gasteiger partial charge < -0.3 is 106 Å². The first kappa shape index (κ1) is 71.9. The molecule has 4 heterocycles. The number of piperazine rings is 1. The molecule has 31 nitrogen and oxygen atoms in total. The normalized spacial score (nSPS) is 25.5. The van der Waals surface area contributed by atoms with Gasteiger partial charge in [-0.25, -0.2) is 5.26 Å². The van der Waals surface area contributed by atoms with Crippen molar-refractivity contribution in [1.82, 2.24) is 41.7 Å². The first-order valence-electron chi connectivity index (χ1n) is 30.6. The van der Waals surface area contributed by atoms with Crippen LogP contribution < -0.4 is 50.6 Å². The third-order valence-corrected chi connectivity index (χ3v) is 17.5. The molecular weight excluding hydrogens is 1250 g/mol. The van der Waals surface area contributed by atoms with Crippen LogP contribution in [0, 0.1) is 5.92 Å². The minimum atomic E-state index is -2.16. The molecule has 512 valence electrons. The second kappa shape index (κ2) is 33.4. The Morgan fingerprint density at radius 3 is 1.90 bits per heavy atom. The van der Waals surface area contributed by atoms with Crippen molar-refractivity contribution in [3.63, 3.8) is 0 Å². The van der Waals surface area contributed by atoms with Gasteiger partial charge in [-0.05, 0) is 97.2 Å². The van der Waals surface area contributed by atoms with Gasteiger partial charge in [-0.15, -0.1) is 0 Å². The number of nitrogens with zero attached hydrogens (tertiary/aromatic N) is 4. The van der Waals surface area contributed by atoms with Gasteiger partial charge in [0.1, 0.15) is 42.0 Å². The number of aromatic hydroxyl groups is 1. The average Bonchev–Trinajstić information content (AvgIpc) is 1.63. The van der Waals surface area contributed by atoms with Crippen LogP contribution in [0.1, 0.15) is 49.0 Å². The Hall–Kier alpha value is -7.96. The minimum Gasteiger partial charge on any atom is -0.504 e. The molecule has 4 saturated heterocycles. The molecule has 4 aliphatic rings. The third kappa shape index (κ3) is 18.1. The van der Waals surface area contributed by atoms with Crippen molar-refractivity contribution >= 4 is 65.0 Å². The zero-order valence-corrected chi connectivity index (χ0v) is 52.6. The maximum Gasteiger partial charge on any atom is 0.261 e. The second-order valence-electron chi connectivity index (χ2n) is 23.7. The number of fused-ring (bicyclic) bond motifs is 2. The number of aliphatic hydroxyl groups excluding tert-OH is 8. The Morgan fingerprint density at radius 1 is 0.702 bits per heavy atom. The average molecular weight is 1340 g/mol. The van der Waals surface area contributed by atoms with Crippen molar-refractivity contribution in [2.45, 2.75) is 118 Å². The smallest absolute Gasteiger partial charge is 0.261 e. The van der Waals surface area contributed by atoms with Gasteiger partial charge in [0.05, 0.1) is 63.0 Å². The highest BCUT2D eigenvalue weighted by Crippen LogP contribution is 2.32. The molecule has 16 N–H and O–H groups in total. The predicted molar refractivity (Wildman–Crippen MR) is 336 cm³/mol. The standard InChI is InChI=1S/C62H82N10O21S/c1-33-29-72-54(55(33)81)60(86)64-28-42(76)26-45(65-56(82)38-7-5-36(6-8-38)37-9-11-40(12-10-37)69-20-22-70(23-21-69)41-13-15-44(90-3)16-14-41)57(83)66-51(34(2)75)61(87)71-30-43(77)27-46(71)58(84)67-52(49(80)24-35-4-17-47(78)50(25-35)91-94-93-92-89)59(85)68-53(62(72)88)48(79)18-19-63-39(31-73)32-74/h4-17,25,33-34,39,42-43,45-46,48-49,51-55,63,73-81,89H,18-24,26-32H2,1-3H3,(H,64,86)(H,65,82)(H,66,83)(H,67,84)(H,68,85)/t33-,34+,42+,43+,45?,46-,48+,49+,51-,52-,53-,54-,55-/m0/s1. The lowest BCUT2D eigenvalue weighted by Crippen LogP contribution is -2.64. The van der Waals surface area contributed by atoms with Crippen LogP contribution >= 0.6 is 12.3 Å². The van der Waals surface area contributed by atoms with E-state index in [1.54, 1.807) is 19.2 Å². The number of anilines is 2. The number of hydrogen-bond donors (Lipinski definition) is 16. The van der Waals surface area contributed by atoms with E-state index >= 15 is 0 Å². The summed E-state index contributed by atoms with van der Waals surface area (Å²) in [5, 5.41) is 126. The Kier molecular flexibility index (Phi) is 25.6. The molecule has 0 saturated carbocycles. The predicted octanol–water partition coefficient (Wildman–Crippen LogP) is -2.96. The maximum atomic E-state index is 15.0. The summed E-state index contributed by atoms with van der Waals surface area (Å²) in [5.74, 6) is -8.74. The summed E-state index contributed by atoms with van der Waals surface area (Å²) < 4.78 is 14.7. The number of benzene rings is 4. The number of rotatable bonds is 21. The lowest BCUT2D eigenvalue weighted by molar-refractivity contribution is -0.433. The van der Waals surface area contributed by atoms with Gasteiger partial charge in [0.2, 0.25) is 35.4 Å². The molecule has 4 aromatic carbocycles. The summed E-state index contributed by atoms with van der Waals surface area (Å²) in [4.78, 5) is 109. The fraction of sp³-hybridized carbons (Fsp3) is 0.500. The highest BCUT2D eigenvalue weighted by atomic mass is 32.2. The third-order valence-electron chi connectivity index (χ3n) is 17.1. The lowest BCUT2D eigenvalue weighted by atomic mass is 9.98. The monoisotopic (exact) mass is 1330 g/mol. The molecule has 4 aliphatic heterocycles. The molecule has 0 aliphatic carbocycles. The number of aliphatic hydroxyl groups is 8. The van der Waals surface area contributed by atoms with Crippen molar-refractivity contribution in [3.05, 3.63) is 102 Å². The van der Waals surface area contributed by atoms with Gasteiger partial charge in [0, 0.05) is 87.9 Å². The van der Waals surface area contributed by atoms with Crippen molar-refractivity contribution in [2.24, 2.45) is 5.92 Å². The van der Waals surface area contributed by atoms with E-state index in [0.717, 1.165) is 77.2 Å². The van der Waals surface area contributed by atoms with E-state index in [1.165, 1.54) is 31.2 Å². The van der Waals surface area contributed by atoms with Crippen LogP contribution in [0.4, 0.5) is 11.4 Å². The molecule has 4 fully saturated rings. The highest BCUT2D eigenvalue weighted by Gasteiger charge is 2.50. The SMILES string of the molecule is COc1ccc(N2CCN(c3ccc(-c4ccc(C(=O)NC5C[C@@H](O)CNC(=O)[C@@H]6[C@@H](O)[C@@H](C)CN6C(=O)[C@H]([C@H](O)CCNC(CO)CO)NC(=O)[C@H]([C@H](O)Cc6ccc(O)c(OSOOO)c6)NC(=O)[C@@H]6C[C@@H](O)CN6C(=O)[C@H]([C@@H](C)O)NC5=O)cc4)cc3)CC2)cc1. The fourth-order valence-electron chi connectivity index (χ4n) is 11.8. The number of β-amino-alcohol motifs (C(OH)–C–C–N with tert-alkyl or cyclic N) is 1.